The van der Waals surface area contributed by atoms with Crippen molar-refractivity contribution in [2.45, 2.75) is 59.5 Å². The molecular weight excluding hydrogens is 276 g/mol. The van der Waals surface area contributed by atoms with Gasteiger partial charge >= 0.3 is 5.97 Å². The number of carbonyl (C=O) groups excluding carboxylic acids is 1. The topological polar surface area (TPSA) is 46.5 Å². The van der Waals surface area contributed by atoms with E-state index in [4.69, 9.17) is 21.4 Å². The normalized spacial score (nSPS) is 11.2. The summed E-state index contributed by atoms with van der Waals surface area (Å²) in [4.78, 5) is 10.8. The molecule has 0 aliphatic heterocycles. The highest BCUT2D eigenvalue weighted by molar-refractivity contribution is 6.32. The fourth-order valence-electron chi connectivity index (χ4n) is 1.47. The first kappa shape index (κ1) is 18.8. The van der Waals surface area contributed by atoms with Crippen LogP contribution in [0.4, 0.5) is 0 Å². The van der Waals surface area contributed by atoms with E-state index in [1.165, 1.54) is 0 Å². The van der Waals surface area contributed by atoms with Crippen LogP contribution in [0.15, 0.2) is 18.2 Å². The average Bonchev–Trinajstić information content (AvgIpc) is 2.41. The minimum Gasteiger partial charge on any atom is -0.506 e. The number of phenolic OH excluding ortho intramolecular Hbond substituents is 1. The Hall–Kier alpha value is -1.22. The van der Waals surface area contributed by atoms with Crippen LogP contribution in [0, 0.1) is 6.92 Å². The molecule has 1 atom stereocenters. The van der Waals surface area contributed by atoms with Crippen molar-refractivity contribution in [1.29, 1.82) is 0 Å². The van der Waals surface area contributed by atoms with E-state index in [1.54, 1.807) is 18.2 Å². The van der Waals surface area contributed by atoms with Crippen molar-refractivity contribution in [2.75, 3.05) is 0 Å². The summed E-state index contributed by atoms with van der Waals surface area (Å²) in [5.41, 5.74) is 1.05. The van der Waals surface area contributed by atoms with Gasteiger partial charge in [0.15, 0.2) is 0 Å². The number of aromatic hydroxyl groups is 1. The molecule has 20 heavy (non-hydrogen) atoms. The molecule has 1 N–H and O–H groups in total. The number of rotatable bonds is 5. The Morgan fingerprint density at radius 3 is 2.50 bits per heavy atom. The number of phenols is 1. The fourth-order valence-corrected chi connectivity index (χ4v) is 1.71. The molecule has 0 bridgehead atoms. The van der Waals surface area contributed by atoms with Crippen molar-refractivity contribution in [2.24, 2.45) is 0 Å². The van der Waals surface area contributed by atoms with Gasteiger partial charge in [-0.2, -0.15) is 0 Å². The third kappa shape index (κ3) is 8.81. The zero-order valence-corrected chi connectivity index (χ0v) is 13.5. The second-order valence-electron chi connectivity index (χ2n) is 4.75. The van der Waals surface area contributed by atoms with Crippen molar-refractivity contribution in [3.8, 4) is 5.75 Å². The van der Waals surface area contributed by atoms with Crippen LogP contribution >= 0.6 is 11.6 Å². The standard InChI is InChI=1S/C9H18O2.C7H7ClO/c1-4-6-7-8(3)11-9(10)5-2;1-5-2-3-7(9)6(8)4-5/h8H,4-7H2,1-3H3;2-4,9H,1H3. The summed E-state index contributed by atoms with van der Waals surface area (Å²) in [6, 6.07) is 5.11. The first-order chi connectivity index (χ1) is 9.40. The highest BCUT2D eigenvalue weighted by Gasteiger charge is 2.05. The molecule has 0 aliphatic rings. The lowest BCUT2D eigenvalue weighted by Gasteiger charge is -2.11. The number of esters is 1. The molecule has 0 heterocycles. The average molecular weight is 301 g/mol. The second-order valence-corrected chi connectivity index (χ2v) is 5.16. The Bertz CT molecular complexity index is 405. The molecule has 0 fully saturated rings. The number of benzene rings is 1. The molecule has 1 rings (SSSR count). The van der Waals surface area contributed by atoms with Gasteiger partial charge in [-0.05, 0) is 38.0 Å². The number of halogens is 1. The van der Waals surface area contributed by atoms with E-state index >= 15 is 0 Å². The highest BCUT2D eigenvalue weighted by Crippen LogP contribution is 2.22. The quantitative estimate of drug-likeness (QED) is 0.789. The van der Waals surface area contributed by atoms with Gasteiger partial charge in [0.25, 0.3) is 0 Å². The van der Waals surface area contributed by atoms with Crippen molar-refractivity contribution in [1.82, 2.24) is 0 Å². The SMILES string of the molecule is CCCCC(C)OC(=O)CC.Cc1ccc(O)c(Cl)c1. The third-order valence-corrected chi connectivity index (χ3v) is 2.99. The number of hydrogen-bond donors (Lipinski definition) is 1. The van der Waals surface area contributed by atoms with Gasteiger partial charge in [0.05, 0.1) is 11.1 Å². The van der Waals surface area contributed by atoms with Gasteiger partial charge in [-0.25, -0.2) is 0 Å². The second kappa shape index (κ2) is 10.6. The molecule has 1 aromatic rings. The first-order valence-corrected chi connectivity index (χ1v) is 7.43. The summed E-state index contributed by atoms with van der Waals surface area (Å²) < 4.78 is 5.06. The van der Waals surface area contributed by atoms with Crippen LogP contribution in [0.3, 0.4) is 0 Å². The summed E-state index contributed by atoms with van der Waals surface area (Å²) >= 11 is 5.56. The highest BCUT2D eigenvalue weighted by atomic mass is 35.5. The van der Waals surface area contributed by atoms with E-state index in [9.17, 15) is 4.79 Å². The fraction of sp³-hybridized carbons (Fsp3) is 0.562. The number of ether oxygens (including phenoxy) is 1. The number of unbranched alkanes of at least 4 members (excludes halogenated alkanes) is 1. The zero-order valence-electron chi connectivity index (χ0n) is 12.8. The van der Waals surface area contributed by atoms with Gasteiger partial charge in [0.1, 0.15) is 5.75 Å². The Kier molecular flexibility index (Phi) is 9.91. The van der Waals surface area contributed by atoms with Crippen LogP contribution < -0.4 is 0 Å². The van der Waals surface area contributed by atoms with Gasteiger partial charge in [-0.15, -0.1) is 0 Å². The molecule has 0 spiro atoms. The van der Waals surface area contributed by atoms with Gasteiger partial charge < -0.3 is 9.84 Å². The van der Waals surface area contributed by atoms with Gasteiger partial charge in [0.2, 0.25) is 0 Å². The first-order valence-electron chi connectivity index (χ1n) is 7.05. The Balaban J connectivity index is 0.000000367. The maximum absolute atomic E-state index is 10.8. The van der Waals surface area contributed by atoms with Crippen LogP contribution in [0.1, 0.15) is 52.0 Å². The van der Waals surface area contributed by atoms with E-state index in [0.29, 0.717) is 11.4 Å². The molecule has 1 unspecified atom stereocenters. The predicted molar refractivity (Wildman–Crippen MR) is 83.2 cm³/mol. The number of aryl methyl sites for hydroxylation is 1. The third-order valence-electron chi connectivity index (χ3n) is 2.69. The molecule has 0 aromatic heterocycles. The predicted octanol–water partition coefficient (Wildman–Crippen LogP) is 4.87. The number of carbonyl (C=O) groups is 1. The summed E-state index contributed by atoms with van der Waals surface area (Å²) in [7, 11) is 0. The van der Waals surface area contributed by atoms with Crippen molar-refractivity contribution in [3.63, 3.8) is 0 Å². The maximum Gasteiger partial charge on any atom is 0.305 e. The smallest absolute Gasteiger partial charge is 0.305 e. The summed E-state index contributed by atoms with van der Waals surface area (Å²) in [5, 5.41) is 9.32. The summed E-state index contributed by atoms with van der Waals surface area (Å²) in [6.07, 6.45) is 3.87. The Morgan fingerprint density at radius 1 is 1.40 bits per heavy atom. The van der Waals surface area contributed by atoms with Crippen LogP contribution in [-0.2, 0) is 9.53 Å². The molecule has 4 heteroatoms. The zero-order chi connectivity index (χ0) is 15.5. The number of hydrogen-bond acceptors (Lipinski definition) is 3. The minimum absolute atomic E-state index is 0.0893. The molecule has 3 nitrogen and oxygen atoms in total. The lowest BCUT2D eigenvalue weighted by Crippen LogP contribution is -2.13. The molecule has 0 radical (unpaired) electrons. The molecule has 0 saturated carbocycles. The van der Waals surface area contributed by atoms with Gasteiger partial charge in [-0.1, -0.05) is 44.4 Å². The van der Waals surface area contributed by atoms with Gasteiger partial charge in [0, 0.05) is 6.42 Å². The molecule has 0 saturated heterocycles. The van der Waals surface area contributed by atoms with E-state index in [2.05, 4.69) is 6.92 Å². The molecule has 0 amide bonds. The van der Waals surface area contributed by atoms with Crippen LogP contribution in [-0.4, -0.2) is 17.2 Å². The molecule has 1 aromatic carbocycles. The Morgan fingerprint density at radius 2 is 2.05 bits per heavy atom. The van der Waals surface area contributed by atoms with E-state index in [0.717, 1.165) is 24.8 Å². The van der Waals surface area contributed by atoms with Crippen LogP contribution in [0.2, 0.25) is 5.02 Å². The van der Waals surface area contributed by atoms with Crippen molar-refractivity contribution >= 4 is 17.6 Å². The lowest BCUT2D eigenvalue weighted by atomic mass is 10.2. The van der Waals surface area contributed by atoms with Crippen molar-refractivity contribution < 1.29 is 14.6 Å². The summed E-state index contributed by atoms with van der Waals surface area (Å²) in [6.45, 7) is 7.82. The molecule has 0 aliphatic carbocycles. The van der Waals surface area contributed by atoms with Crippen molar-refractivity contribution in [3.05, 3.63) is 28.8 Å². The van der Waals surface area contributed by atoms with E-state index < -0.39 is 0 Å². The molecule has 114 valence electrons. The maximum atomic E-state index is 10.8. The minimum atomic E-state index is -0.0893. The van der Waals surface area contributed by atoms with E-state index in [1.807, 2.05) is 20.8 Å². The lowest BCUT2D eigenvalue weighted by molar-refractivity contribution is -0.148. The Labute approximate surface area is 126 Å². The molecular formula is C16H25ClO3. The van der Waals surface area contributed by atoms with E-state index in [-0.39, 0.29) is 17.8 Å². The van der Waals surface area contributed by atoms with Gasteiger partial charge in [-0.3, -0.25) is 4.79 Å². The van der Waals surface area contributed by atoms with Crippen LogP contribution in [0.25, 0.3) is 0 Å². The largest absolute Gasteiger partial charge is 0.506 e. The van der Waals surface area contributed by atoms with Crippen LogP contribution in [0.5, 0.6) is 5.75 Å². The summed E-state index contributed by atoms with van der Waals surface area (Å²) in [5.74, 6) is 0.0517. The monoisotopic (exact) mass is 300 g/mol.